The van der Waals surface area contributed by atoms with Gasteiger partial charge in [0.25, 0.3) is 0 Å². The maximum absolute atomic E-state index is 6.13. The minimum atomic E-state index is -0.0576. The Hall–Kier alpha value is -0.420. The number of nitrogens with two attached hydrogens (primary N) is 1. The highest BCUT2D eigenvalue weighted by Gasteiger charge is 2.12. The number of hydrogen-bond donors (Lipinski definition) is 1. The van der Waals surface area contributed by atoms with Crippen molar-refractivity contribution in [1.82, 2.24) is 4.98 Å². The van der Waals surface area contributed by atoms with Gasteiger partial charge in [-0.15, -0.1) is 11.3 Å². The van der Waals surface area contributed by atoms with E-state index in [1.54, 1.807) is 17.5 Å². The van der Waals surface area contributed by atoms with Crippen molar-refractivity contribution in [1.29, 1.82) is 0 Å². The third-order valence-corrected chi connectivity index (χ3v) is 3.96. The molecule has 0 fully saturated rings. The minimum Gasteiger partial charge on any atom is -0.324 e. The van der Waals surface area contributed by atoms with E-state index in [9.17, 15) is 0 Å². The topological polar surface area (TPSA) is 38.9 Å². The van der Waals surface area contributed by atoms with E-state index >= 15 is 0 Å². The smallest absolute Gasteiger partial charge is 0.0943 e. The van der Waals surface area contributed by atoms with E-state index in [0.29, 0.717) is 5.02 Å². The molecule has 2 aromatic rings. The first kappa shape index (κ1) is 12.0. The van der Waals surface area contributed by atoms with E-state index in [2.05, 4.69) is 20.9 Å². The summed E-state index contributed by atoms with van der Waals surface area (Å²) in [7, 11) is 0. The zero-order valence-electron chi connectivity index (χ0n) is 8.36. The van der Waals surface area contributed by atoms with Gasteiger partial charge >= 0.3 is 0 Å². The number of nitrogens with zero attached hydrogens (tertiary/aromatic N) is 1. The van der Waals surface area contributed by atoms with Crippen LogP contribution >= 0.6 is 38.9 Å². The van der Waals surface area contributed by atoms with Crippen LogP contribution in [0.5, 0.6) is 0 Å². The highest BCUT2D eigenvalue weighted by atomic mass is 79.9. The van der Waals surface area contributed by atoms with Crippen LogP contribution in [0, 0.1) is 0 Å². The van der Waals surface area contributed by atoms with Crippen molar-refractivity contribution in [3.63, 3.8) is 0 Å². The Morgan fingerprint density at radius 3 is 2.94 bits per heavy atom. The molecule has 1 aromatic heterocycles. The molecule has 0 bridgehead atoms. The highest BCUT2D eigenvalue weighted by molar-refractivity contribution is 9.10. The molecular weight excluding hydrogens is 308 g/mol. The Bertz CT molecular complexity index is 473. The van der Waals surface area contributed by atoms with Crippen LogP contribution in [0.25, 0.3) is 0 Å². The molecule has 2 rings (SSSR count). The molecular formula is C11H10BrClN2S. The van der Waals surface area contributed by atoms with Crippen LogP contribution in [0.15, 0.2) is 34.2 Å². The molecule has 0 aliphatic rings. The Morgan fingerprint density at radius 2 is 2.31 bits per heavy atom. The Kier molecular flexibility index (Phi) is 3.97. The van der Waals surface area contributed by atoms with E-state index in [1.807, 2.05) is 23.6 Å². The summed E-state index contributed by atoms with van der Waals surface area (Å²) in [6, 6.07) is 5.60. The van der Waals surface area contributed by atoms with Crippen LogP contribution in [0.1, 0.15) is 16.6 Å². The van der Waals surface area contributed by atoms with Crippen molar-refractivity contribution in [3.05, 3.63) is 49.8 Å². The number of hydrogen-bond acceptors (Lipinski definition) is 3. The second-order valence-electron chi connectivity index (χ2n) is 3.40. The predicted octanol–water partition coefficient (Wildman–Crippen LogP) is 3.80. The lowest BCUT2D eigenvalue weighted by atomic mass is 10.1. The lowest BCUT2D eigenvalue weighted by Crippen LogP contribution is -2.13. The number of rotatable bonds is 3. The summed E-state index contributed by atoms with van der Waals surface area (Å²) in [6.45, 7) is 0. The lowest BCUT2D eigenvalue weighted by Gasteiger charge is -2.12. The maximum Gasteiger partial charge on any atom is 0.0943 e. The summed E-state index contributed by atoms with van der Waals surface area (Å²) in [5.74, 6) is 0. The normalized spacial score (nSPS) is 12.7. The number of aromatic nitrogens is 1. The molecule has 0 amide bonds. The van der Waals surface area contributed by atoms with Gasteiger partial charge in [-0.05, 0) is 17.7 Å². The summed E-state index contributed by atoms with van der Waals surface area (Å²) in [6.07, 6.45) is 2.54. The molecule has 0 aliphatic heterocycles. The molecule has 1 unspecified atom stereocenters. The third-order valence-electron chi connectivity index (χ3n) is 2.24. The minimum absolute atomic E-state index is 0.0576. The Labute approximate surface area is 112 Å². The van der Waals surface area contributed by atoms with Gasteiger partial charge in [0, 0.05) is 33.5 Å². The zero-order chi connectivity index (χ0) is 11.5. The van der Waals surface area contributed by atoms with Crippen LogP contribution in [0.4, 0.5) is 0 Å². The average Bonchev–Trinajstić information content (AvgIpc) is 2.70. The monoisotopic (exact) mass is 316 g/mol. The lowest BCUT2D eigenvalue weighted by molar-refractivity contribution is 0.714. The Morgan fingerprint density at radius 1 is 1.50 bits per heavy atom. The first-order valence-corrected chi connectivity index (χ1v) is 6.81. The van der Waals surface area contributed by atoms with Gasteiger partial charge in [-0.25, -0.2) is 4.98 Å². The van der Waals surface area contributed by atoms with E-state index in [1.165, 1.54) is 0 Å². The molecule has 1 aromatic carbocycles. The fourth-order valence-corrected chi connectivity index (χ4v) is 3.11. The van der Waals surface area contributed by atoms with Gasteiger partial charge in [0.05, 0.1) is 5.01 Å². The predicted molar refractivity (Wildman–Crippen MR) is 71.9 cm³/mol. The molecule has 2 nitrogen and oxygen atoms in total. The molecule has 1 atom stereocenters. The van der Waals surface area contributed by atoms with E-state index in [-0.39, 0.29) is 6.04 Å². The van der Waals surface area contributed by atoms with Crippen molar-refractivity contribution >= 4 is 38.9 Å². The number of halogens is 2. The second kappa shape index (κ2) is 5.27. The zero-order valence-corrected chi connectivity index (χ0v) is 11.5. The van der Waals surface area contributed by atoms with Gasteiger partial charge in [0.1, 0.15) is 0 Å². The van der Waals surface area contributed by atoms with Gasteiger partial charge in [-0.2, -0.15) is 0 Å². The summed E-state index contributed by atoms with van der Waals surface area (Å²) in [4.78, 5) is 4.23. The number of benzene rings is 1. The molecule has 0 aliphatic carbocycles. The summed E-state index contributed by atoms with van der Waals surface area (Å²) in [5.41, 5.74) is 7.19. The quantitative estimate of drug-likeness (QED) is 0.935. The average molecular weight is 318 g/mol. The molecule has 0 saturated heterocycles. The summed E-state index contributed by atoms with van der Waals surface area (Å²) in [5, 5.41) is 3.71. The molecule has 0 spiro atoms. The second-order valence-corrected chi connectivity index (χ2v) is 5.67. The molecule has 0 radical (unpaired) electrons. The van der Waals surface area contributed by atoms with Crippen LogP contribution < -0.4 is 5.73 Å². The van der Waals surface area contributed by atoms with Crippen LogP contribution in [0.3, 0.4) is 0 Å². The first-order chi connectivity index (χ1) is 7.66. The highest BCUT2D eigenvalue weighted by Crippen LogP contribution is 2.27. The van der Waals surface area contributed by atoms with Gasteiger partial charge in [0.2, 0.25) is 0 Å². The Balaban J connectivity index is 2.17. The molecule has 2 N–H and O–H groups in total. The van der Waals surface area contributed by atoms with Gasteiger partial charge in [-0.1, -0.05) is 33.6 Å². The van der Waals surface area contributed by atoms with Gasteiger partial charge in [0.15, 0.2) is 0 Å². The van der Waals surface area contributed by atoms with Crippen molar-refractivity contribution in [2.24, 2.45) is 5.73 Å². The fourth-order valence-electron chi connectivity index (χ4n) is 1.45. The molecule has 5 heteroatoms. The first-order valence-electron chi connectivity index (χ1n) is 4.75. The van der Waals surface area contributed by atoms with Crippen LogP contribution in [0.2, 0.25) is 5.02 Å². The maximum atomic E-state index is 6.13. The van der Waals surface area contributed by atoms with Crippen LogP contribution in [-0.2, 0) is 6.42 Å². The van der Waals surface area contributed by atoms with E-state index < -0.39 is 0 Å². The van der Waals surface area contributed by atoms with Gasteiger partial charge < -0.3 is 5.73 Å². The molecule has 1 heterocycles. The van der Waals surface area contributed by atoms with Crippen LogP contribution in [-0.4, -0.2) is 4.98 Å². The van der Waals surface area contributed by atoms with Gasteiger partial charge in [-0.3, -0.25) is 0 Å². The standard InChI is InChI=1S/C11H10BrClN2S/c12-9-5-7(13)1-2-8(9)10(14)6-11-15-3-4-16-11/h1-5,10H,6,14H2. The fraction of sp³-hybridized carbons (Fsp3) is 0.182. The van der Waals surface area contributed by atoms with E-state index in [0.717, 1.165) is 21.5 Å². The summed E-state index contributed by atoms with van der Waals surface area (Å²) < 4.78 is 0.948. The molecule has 16 heavy (non-hydrogen) atoms. The van der Waals surface area contributed by atoms with Crippen molar-refractivity contribution in [2.45, 2.75) is 12.5 Å². The van der Waals surface area contributed by atoms with Crippen molar-refractivity contribution < 1.29 is 0 Å². The third kappa shape index (κ3) is 2.83. The number of thiazole rings is 1. The summed E-state index contributed by atoms with van der Waals surface area (Å²) >= 11 is 11.0. The molecule has 0 saturated carbocycles. The van der Waals surface area contributed by atoms with Crippen molar-refractivity contribution in [2.75, 3.05) is 0 Å². The van der Waals surface area contributed by atoms with Crippen molar-refractivity contribution in [3.8, 4) is 0 Å². The van der Waals surface area contributed by atoms with E-state index in [4.69, 9.17) is 17.3 Å². The largest absolute Gasteiger partial charge is 0.324 e. The molecule has 84 valence electrons. The SMILES string of the molecule is NC(Cc1nccs1)c1ccc(Cl)cc1Br.